The molecule has 38 heavy (non-hydrogen) atoms. The van der Waals surface area contributed by atoms with Crippen molar-refractivity contribution in [3.63, 3.8) is 0 Å². The average molecular weight is 542 g/mol. The number of alkyl halides is 2. The van der Waals surface area contributed by atoms with E-state index in [9.17, 15) is 28.3 Å². The summed E-state index contributed by atoms with van der Waals surface area (Å²) in [4.78, 5) is 43.6. The monoisotopic (exact) mass is 542 g/mol. The molecule has 0 spiro atoms. The maximum atomic E-state index is 15.1. The largest absolute Gasteiger partial charge is 0.507 e. The number of cyclic esters (lactones) is 1. The van der Waals surface area contributed by atoms with Gasteiger partial charge >= 0.3 is 12.5 Å². The van der Waals surface area contributed by atoms with Crippen LogP contribution in [0.5, 0.6) is 5.75 Å². The van der Waals surface area contributed by atoms with E-state index in [2.05, 4.69) is 0 Å². The fraction of sp³-hybridized carbons (Fsp3) is 0.375. The van der Waals surface area contributed by atoms with Gasteiger partial charge in [-0.25, -0.2) is 18.6 Å². The number of carbonyl (C=O) groups excluding carboxylic acids is 3. The second kappa shape index (κ2) is 12.0. The average Bonchev–Trinajstić information content (AvgIpc) is 3.06. The predicted octanol–water partition coefficient (Wildman–Crippen LogP) is 2.91. The molecule has 0 aromatic heterocycles. The molecule has 206 valence electrons. The molecule has 2 aromatic carbocycles. The Bertz CT molecular complexity index is 1180. The maximum absolute atomic E-state index is 15.1. The maximum Gasteiger partial charge on any atom is 0.414 e. The highest BCUT2D eigenvalue weighted by Gasteiger charge is 2.35. The van der Waals surface area contributed by atoms with Gasteiger partial charge in [-0.3, -0.25) is 19.3 Å². The first-order valence-corrected chi connectivity index (χ1v) is 11.2. The van der Waals surface area contributed by atoms with Gasteiger partial charge < -0.3 is 20.1 Å². The SMILES string of the molecule is C.O=C(NC[C@H]1CN(c2cc(F)c(N3CCON(C(=O)c4ccccc4O)CC3)c(F)c2)C(=O)O1)C(F)F. The van der Waals surface area contributed by atoms with Crippen molar-refractivity contribution in [1.29, 1.82) is 0 Å². The summed E-state index contributed by atoms with van der Waals surface area (Å²) < 4.78 is 59.8. The molecule has 0 unspecified atom stereocenters. The van der Waals surface area contributed by atoms with Gasteiger partial charge in [-0.2, -0.15) is 8.78 Å². The van der Waals surface area contributed by atoms with Crippen LogP contribution in [0, 0.1) is 11.6 Å². The molecule has 2 N–H and O–H groups in total. The molecule has 0 bridgehead atoms. The lowest BCUT2D eigenvalue weighted by molar-refractivity contribution is -0.132. The summed E-state index contributed by atoms with van der Waals surface area (Å²) in [5.41, 5.74) is -0.534. The van der Waals surface area contributed by atoms with Crippen LogP contribution < -0.4 is 15.1 Å². The molecule has 2 aliphatic heterocycles. The second-order valence-corrected chi connectivity index (χ2v) is 8.16. The van der Waals surface area contributed by atoms with Crippen LogP contribution in [0.3, 0.4) is 0 Å². The highest BCUT2D eigenvalue weighted by Crippen LogP contribution is 2.31. The molecular weight excluding hydrogens is 516 g/mol. The number of halogens is 4. The number of nitrogens with zero attached hydrogens (tertiary/aromatic N) is 3. The normalized spacial score (nSPS) is 17.7. The zero-order chi connectivity index (χ0) is 26.7. The van der Waals surface area contributed by atoms with Crippen molar-refractivity contribution in [2.45, 2.75) is 20.0 Å². The molecular formula is C24H26F4N4O6. The number of phenolic OH excluding ortho intramolecular Hbond substituents is 1. The molecule has 14 heteroatoms. The van der Waals surface area contributed by atoms with Crippen molar-refractivity contribution >= 4 is 29.3 Å². The molecule has 2 saturated heterocycles. The minimum Gasteiger partial charge on any atom is -0.507 e. The standard InChI is InChI=1S/C23H22F4N4O6.CH4/c24-16-9-13(30-12-14(37-23(30)35)11-28-21(33)20(26)27)10-17(25)19(16)29-5-6-31(36-8-7-29)22(34)15-3-1-2-4-18(15)32;/h1-4,9-10,14,20,32H,5-8,11-12H2,(H,28,33);1H4/t14-;/m0./s1. The van der Waals surface area contributed by atoms with Crippen molar-refractivity contribution in [2.75, 3.05) is 49.1 Å². The Hall–Kier alpha value is -4.07. The van der Waals surface area contributed by atoms with Gasteiger partial charge in [-0.15, -0.1) is 0 Å². The van der Waals surface area contributed by atoms with Crippen molar-refractivity contribution in [3.8, 4) is 5.75 Å². The summed E-state index contributed by atoms with van der Waals surface area (Å²) in [6.45, 7) is -0.706. The Morgan fingerprint density at radius 3 is 2.45 bits per heavy atom. The zero-order valence-corrected chi connectivity index (χ0v) is 19.2. The van der Waals surface area contributed by atoms with E-state index in [4.69, 9.17) is 9.57 Å². The number of hydrogen-bond acceptors (Lipinski definition) is 7. The first kappa shape index (κ1) is 28.5. The Balaban J connectivity index is 0.00000400. The van der Waals surface area contributed by atoms with E-state index in [1.807, 2.05) is 5.32 Å². The molecule has 2 fully saturated rings. The topological polar surface area (TPSA) is 112 Å². The van der Waals surface area contributed by atoms with Crippen LogP contribution in [-0.4, -0.2) is 79.9 Å². The summed E-state index contributed by atoms with van der Waals surface area (Å²) in [5, 5.41) is 12.8. The van der Waals surface area contributed by atoms with Crippen molar-refractivity contribution in [1.82, 2.24) is 10.4 Å². The molecule has 3 amide bonds. The number of hydrogen-bond donors (Lipinski definition) is 2. The number of phenols is 1. The number of ether oxygens (including phenoxy) is 1. The summed E-state index contributed by atoms with van der Waals surface area (Å²) in [6, 6.07) is 7.75. The van der Waals surface area contributed by atoms with Crippen molar-refractivity contribution in [2.24, 2.45) is 0 Å². The molecule has 2 aromatic rings. The number of hydroxylamine groups is 2. The van der Waals surface area contributed by atoms with Gasteiger partial charge in [0.1, 0.15) is 17.5 Å². The van der Waals surface area contributed by atoms with Crippen molar-refractivity contribution < 1.29 is 46.6 Å². The van der Waals surface area contributed by atoms with Gasteiger partial charge in [-0.1, -0.05) is 19.6 Å². The lowest BCUT2D eigenvalue weighted by Gasteiger charge is -2.24. The van der Waals surface area contributed by atoms with Crippen LogP contribution in [0.15, 0.2) is 36.4 Å². The van der Waals surface area contributed by atoms with Gasteiger partial charge in [0.25, 0.3) is 11.8 Å². The fourth-order valence-electron chi connectivity index (χ4n) is 3.96. The first-order chi connectivity index (χ1) is 17.7. The number of carbonyl (C=O) groups is 3. The van der Waals surface area contributed by atoms with Crippen molar-refractivity contribution in [3.05, 3.63) is 53.6 Å². The first-order valence-electron chi connectivity index (χ1n) is 11.2. The number of para-hydroxylation sites is 1. The van der Waals surface area contributed by atoms with Crippen LogP contribution in [-0.2, 0) is 14.4 Å². The van der Waals surface area contributed by atoms with E-state index >= 15 is 8.78 Å². The molecule has 0 aliphatic carbocycles. The molecule has 10 nitrogen and oxygen atoms in total. The summed E-state index contributed by atoms with van der Waals surface area (Å²) in [5.74, 6) is -4.35. The predicted molar refractivity (Wildman–Crippen MR) is 127 cm³/mol. The Labute approximate surface area is 215 Å². The fourth-order valence-corrected chi connectivity index (χ4v) is 3.96. The van der Waals surface area contributed by atoms with Gasteiger partial charge in [0.15, 0.2) is 11.6 Å². The van der Waals surface area contributed by atoms with Crippen LogP contribution >= 0.6 is 0 Å². The van der Waals surface area contributed by atoms with E-state index in [-0.39, 0.29) is 57.2 Å². The van der Waals surface area contributed by atoms with E-state index in [0.717, 1.165) is 22.1 Å². The van der Waals surface area contributed by atoms with Crippen LogP contribution in [0.4, 0.5) is 33.7 Å². The molecule has 4 rings (SSSR count). The minimum absolute atomic E-state index is 0. The quantitative estimate of drug-likeness (QED) is 0.540. The summed E-state index contributed by atoms with van der Waals surface area (Å²) >= 11 is 0. The lowest BCUT2D eigenvalue weighted by Crippen LogP contribution is -2.37. The summed E-state index contributed by atoms with van der Waals surface area (Å²) in [7, 11) is 0. The third-order valence-corrected chi connectivity index (χ3v) is 5.75. The van der Waals surface area contributed by atoms with Crippen LogP contribution in [0.1, 0.15) is 17.8 Å². The Morgan fingerprint density at radius 2 is 1.79 bits per heavy atom. The van der Waals surface area contributed by atoms with E-state index in [1.165, 1.54) is 17.0 Å². The number of aromatic hydroxyl groups is 1. The van der Waals surface area contributed by atoms with E-state index in [0.29, 0.717) is 0 Å². The highest BCUT2D eigenvalue weighted by atomic mass is 19.3. The number of nitrogens with one attached hydrogen (secondary N) is 1. The number of benzene rings is 2. The molecule has 2 heterocycles. The van der Waals surface area contributed by atoms with Gasteiger partial charge in [0.2, 0.25) is 0 Å². The minimum atomic E-state index is -3.23. The van der Waals surface area contributed by atoms with Crippen LogP contribution in [0.2, 0.25) is 0 Å². The molecule has 0 radical (unpaired) electrons. The molecule has 0 saturated carbocycles. The number of amides is 3. The van der Waals surface area contributed by atoms with Gasteiger partial charge in [-0.05, 0) is 12.1 Å². The smallest absolute Gasteiger partial charge is 0.414 e. The third-order valence-electron chi connectivity index (χ3n) is 5.75. The molecule has 2 aliphatic rings. The third kappa shape index (κ3) is 6.07. The molecule has 1 atom stereocenters. The van der Waals surface area contributed by atoms with Crippen LogP contribution in [0.25, 0.3) is 0 Å². The second-order valence-electron chi connectivity index (χ2n) is 8.16. The Kier molecular flexibility index (Phi) is 8.99. The van der Waals surface area contributed by atoms with E-state index < -0.39 is 54.3 Å². The van der Waals surface area contributed by atoms with E-state index in [1.54, 1.807) is 12.1 Å². The number of rotatable bonds is 6. The number of anilines is 2. The van der Waals surface area contributed by atoms with Gasteiger partial charge in [0.05, 0.1) is 37.5 Å². The zero-order valence-electron chi connectivity index (χ0n) is 19.2. The lowest BCUT2D eigenvalue weighted by atomic mass is 10.2. The Morgan fingerprint density at radius 1 is 1.11 bits per heavy atom. The summed E-state index contributed by atoms with van der Waals surface area (Å²) in [6.07, 6.45) is -5.18. The van der Waals surface area contributed by atoms with Gasteiger partial charge in [0, 0.05) is 25.2 Å². The highest BCUT2D eigenvalue weighted by molar-refractivity contribution is 5.96.